The zero-order chi connectivity index (χ0) is 12.9. The van der Waals surface area contributed by atoms with Crippen LogP contribution in [0.15, 0.2) is 0 Å². The molecule has 0 fully saturated rings. The Bertz CT molecular complexity index is 229. The van der Waals surface area contributed by atoms with E-state index >= 15 is 0 Å². The van der Waals surface area contributed by atoms with Gasteiger partial charge in [0.25, 0.3) is 0 Å². The average Bonchev–Trinajstić information content (AvgIpc) is 2.09. The van der Waals surface area contributed by atoms with Crippen molar-refractivity contribution in [3.8, 4) is 0 Å². The second kappa shape index (κ2) is 6.08. The molecule has 0 bridgehead atoms. The molecular formula is C10H19F3N2O. The summed E-state index contributed by atoms with van der Waals surface area (Å²) in [5, 5.41) is 0. The summed E-state index contributed by atoms with van der Waals surface area (Å²) >= 11 is 0. The minimum absolute atomic E-state index is 0.0826. The van der Waals surface area contributed by atoms with Crippen LogP contribution in [0.25, 0.3) is 0 Å². The number of hydrogen-bond acceptors (Lipinski definition) is 2. The highest BCUT2D eigenvalue weighted by molar-refractivity contribution is 5.78. The summed E-state index contributed by atoms with van der Waals surface area (Å²) in [7, 11) is 1.15. The number of halogens is 3. The van der Waals surface area contributed by atoms with Crippen LogP contribution in [0.5, 0.6) is 0 Å². The van der Waals surface area contributed by atoms with Crippen molar-refractivity contribution in [1.29, 1.82) is 0 Å². The Morgan fingerprint density at radius 1 is 1.38 bits per heavy atom. The first-order valence-corrected chi connectivity index (χ1v) is 5.19. The van der Waals surface area contributed by atoms with E-state index in [1.807, 2.05) is 13.8 Å². The normalized spacial score (nSPS) is 14.0. The predicted molar refractivity (Wildman–Crippen MR) is 55.7 cm³/mol. The van der Waals surface area contributed by atoms with Crippen LogP contribution < -0.4 is 5.73 Å². The highest BCUT2D eigenvalue weighted by Crippen LogP contribution is 2.18. The molecule has 96 valence electrons. The van der Waals surface area contributed by atoms with Crippen molar-refractivity contribution in [2.24, 2.45) is 17.6 Å². The Balaban J connectivity index is 4.39. The van der Waals surface area contributed by atoms with Gasteiger partial charge in [0.1, 0.15) is 6.54 Å². The number of carbonyl (C=O) groups is 1. The van der Waals surface area contributed by atoms with Crippen LogP contribution in [0.4, 0.5) is 13.2 Å². The maximum atomic E-state index is 12.1. The van der Waals surface area contributed by atoms with Gasteiger partial charge in [-0.25, -0.2) is 0 Å². The lowest BCUT2D eigenvalue weighted by molar-refractivity contribution is -0.161. The summed E-state index contributed by atoms with van der Waals surface area (Å²) in [6.07, 6.45) is -3.85. The van der Waals surface area contributed by atoms with Crippen molar-refractivity contribution >= 4 is 5.91 Å². The fourth-order valence-corrected chi connectivity index (χ4v) is 1.53. The molecule has 1 unspecified atom stereocenters. The molecule has 0 aromatic rings. The van der Waals surface area contributed by atoms with Gasteiger partial charge in [0.2, 0.25) is 5.91 Å². The van der Waals surface area contributed by atoms with Gasteiger partial charge in [0, 0.05) is 13.6 Å². The van der Waals surface area contributed by atoms with Crippen molar-refractivity contribution in [3.63, 3.8) is 0 Å². The van der Waals surface area contributed by atoms with Crippen molar-refractivity contribution in [2.75, 3.05) is 20.1 Å². The Hall–Kier alpha value is -0.780. The van der Waals surface area contributed by atoms with Gasteiger partial charge in [0.15, 0.2) is 0 Å². The number of nitrogens with zero attached hydrogens (tertiary/aromatic N) is 1. The summed E-state index contributed by atoms with van der Waals surface area (Å²) < 4.78 is 36.2. The van der Waals surface area contributed by atoms with Crippen molar-refractivity contribution < 1.29 is 18.0 Å². The SMILES string of the molecule is CC(C)CC(CN)C(=O)N(C)CC(F)(F)F. The number of nitrogens with two attached hydrogens (primary N) is 1. The van der Waals surface area contributed by atoms with Gasteiger partial charge in [-0.3, -0.25) is 4.79 Å². The van der Waals surface area contributed by atoms with E-state index in [2.05, 4.69) is 0 Å². The Morgan fingerprint density at radius 2 is 1.88 bits per heavy atom. The summed E-state index contributed by atoms with van der Waals surface area (Å²) in [6.45, 7) is 2.67. The van der Waals surface area contributed by atoms with E-state index in [0.717, 1.165) is 7.05 Å². The zero-order valence-electron chi connectivity index (χ0n) is 9.84. The molecule has 0 radical (unpaired) electrons. The number of amides is 1. The molecule has 0 heterocycles. The number of carbonyl (C=O) groups excluding carboxylic acids is 1. The molecular weight excluding hydrogens is 221 g/mol. The molecule has 1 amide bonds. The minimum Gasteiger partial charge on any atom is -0.336 e. The second-order valence-electron chi connectivity index (χ2n) is 4.37. The molecule has 2 N–H and O–H groups in total. The van der Waals surface area contributed by atoms with E-state index in [-0.39, 0.29) is 12.5 Å². The van der Waals surface area contributed by atoms with E-state index in [1.54, 1.807) is 0 Å². The third-order valence-electron chi connectivity index (χ3n) is 2.18. The standard InChI is InChI=1S/C10H19F3N2O/c1-7(2)4-8(5-14)9(16)15(3)6-10(11,12)13/h7-8H,4-6,14H2,1-3H3. The highest BCUT2D eigenvalue weighted by atomic mass is 19.4. The lowest BCUT2D eigenvalue weighted by atomic mass is 9.96. The summed E-state index contributed by atoms with van der Waals surface area (Å²) in [5.74, 6) is -0.822. The molecule has 6 heteroatoms. The first kappa shape index (κ1) is 15.2. The van der Waals surface area contributed by atoms with Crippen LogP contribution in [0.2, 0.25) is 0 Å². The van der Waals surface area contributed by atoms with Crippen LogP contribution in [0.3, 0.4) is 0 Å². The summed E-state index contributed by atoms with van der Waals surface area (Å²) in [6, 6.07) is 0. The van der Waals surface area contributed by atoms with Gasteiger partial charge in [-0.2, -0.15) is 13.2 Å². The van der Waals surface area contributed by atoms with Crippen molar-refractivity contribution in [1.82, 2.24) is 4.90 Å². The first-order chi connectivity index (χ1) is 7.17. The van der Waals surface area contributed by atoms with Gasteiger partial charge in [-0.05, 0) is 12.3 Å². The van der Waals surface area contributed by atoms with Gasteiger partial charge in [-0.1, -0.05) is 13.8 Å². The van der Waals surface area contributed by atoms with E-state index in [1.165, 1.54) is 0 Å². The van der Waals surface area contributed by atoms with Crippen LogP contribution in [-0.4, -0.2) is 37.1 Å². The van der Waals surface area contributed by atoms with Gasteiger partial charge >= 0.3 is 6.18 Å². The fourth-order valence-electron chi connectivity index (χ4n) is 1.53. The molecule has 0 aromatic heterocycles. The lowest BCUT2D eigenvalue weighted by Crippen LogP contribution is -2.42. The Morgan fingerprint density at radius 3 is 2.19 bits per heavy atom. The lowest BCUT2D eigenvalue weighted by Gasteiger charge is -2.24. The van der Waals surface area contributed by atoms with Crippen molar-refractivity contribution in [2.45, 2.75) is 26.4 Å². The van der Waals surface area contributed by atoms with Gasteiger partial charge < -0.3 is 10.6 Å². The molecule has 0 spiro atoms. The maximum Gasteiger partial charge on any atom is 0.406 e. The molecule has 0 aliphatic heterocycles. The smallest absolute Gasteiger partial charge is 0.336 e. The second-order valence-corrected chi connectivity index (χ2v) is 4.37. The summed E-state index contributed by atoms with van der Waals surface area (Å²) in [5.41, 5.74) is 5.39. The van der Waals surface area contributed by atoms with Crippen LogP contribution in [0.1, 0.15) is 20.3 Å². The molecule has 0 rings (SSSR count). The summed E-state index contributed by atoms with van der Waals surface area (Å²) in [4.78, 5) is 12.3. The third kappa shape index (κ3) is 5.95. The van der Waals surface area contributed by atoms with Gasteiger partial charge in [-0.15, -0.1) is 0 Å². The topological polar surface area (TPSA) is 46.3 Å². The molecule has 1 atom stereocenters. The highest BCUT2D eigenvalue weighted by Gasteiger charge is 2.33. The zero-order valence-corrected chi connectivity index (χ0v) is 9.84. The third-order valence-corrected chi connectivity index (χ3v) is 2.18. The number of alkyl halides is 3. The Labute approximate surface area is 93.8 Å². The van der Waals surface area contributed by atoms with E-state index < -0.39 is 24.5 Å². The Kier molecular flexibility index (Phi) is 5.78. The largest absolute Gasteiger partial charge is 0.406 e. The molecule has 16 heavy (non-hydrogen) atoms. The maximum absolute atomic E-state index is 12.1. The van der Waals surface area contributed by atoms with E-state index in [0.29, 0.717) is 11.3 Å². The number of hydrogen-bond donors (Lipinski definition) is 1. The average molecular weight is 240 g/mol. The quantitative estimate of drug-likeness (QED) is 0.794. The first-order valence-electron chi connectivity index (χ1n) is 5.19. The van der Waals surface area contributed by atoms with Gasteiger partial charge in [0.05, 0.1) is 5.92 Å². The fraction of sp³-hybridized carbons (Fsp3) is 0.900. The van der Waals surface area contributed by atoms with Crippen LogP contribution in [0, 0.1) is 11.8 Å². The molecule has 0 aliphatic carbocycles. The monoisotopic (exact) mass is 240 g/mol. The molecule has 0 aromatic carbocycles. The molecule has 0 aliphatic rings. The molecule has 0 saturated carbocycles. The van der Waals surface area contributed by atoms with Crippen LogP contribution >= 0.6 is 0 Å². The van der Waals surface area contributed by atoms with E-state index in [9.17, 15) is 18.0 Å². The molecule has 3 nitrogen and oxygen atoms in total. The van der Waals surface area contributed by atoms with Crippen molar-refractivity contribution in [3.05, 3.63) is 0 Å². The predicted octanol–water partition coefficient (Wildman–Crippen LogP) is 1.63. The van der Waals surface area contributed by atoms with E-state index in [4.69, 9.17) is 5.73 Å². The van der Waals surface area contributed by atoms with Crippen LogP contribution in [-0.2, 0) is 4.79 Å². The number of rotatable bonds is 5. The molecule has 0 saturated heterocycles. The minimum atomic E-state index is -4.36.